The molecule has 0 spiro atoms. The SMILES string of the molecule is CN1CCC(=NC(C)(C)C)N(C)P1. The van der Waals surface area contributed by atoms with Crippen molar-refractivity contribution in [2.24, 2.45) is 4.99 Å². The van der Waals surface area contributed by atoms with Gasteiger partial charge in [-0.25, -0.2) is 0 Å². The zero-order valence-corrected chi connectivity index (χ0v) is 10.3. The average molecular weight is 201 g/mol. The van der Waals surface area contributed by atoms with Gasteiger partial charge in [-0.1, -0.05) is 0 Å². The maximum atomic E-state index is 4.71. The van der Waals surface area contributed by atoms with Crippen LogP contribution >= 0.6 is 8.88 Å². The van der Waals surface area contributed by atoms with Crippen LogP contribution in [0.15, 0.2) is 4.99 Å². The predicted molar refractivity (Wildman–Crippen MR) is 60.5 cm³/mol. The highest BCUT2D eigenvalue weighted by Gasteiger charge is 2.19. The van der Waals surface area contributed by atoms with E-state index in [2.05, 4.69) is 44.2 Å². The molecule has 0 radical (unpaired) electrons. The lowest BCUT2D eigenvalue weighted by Gasteiger charge is -2.33. The van der Waals surface area contributed by atoms with Crippen molar-refractivity contribution in [1.82, 2.24) is 9.34 Å². The Morgan fingerprint density at radius 1 is 1.31 bits per heavy atom. The molecule has 4 heteroatoms. The van der Waals surface area contributed by atoms with E-state index in [1.54, 1.807) is 0 Å². The molecule has 0 N–H and O–H groups in total. The Balaban J connectivity index is 2.66. The lowest BCUT2D eigenvalue weighted by atomic mass is 10.1. The average Bonchev–Trinajstić information content (AvgIpc) is 1.93. The van der Waals surface area contributed by atoms with Gasteiger partial charge in [-0.05, 0) is 27.8 Å². The van der Waals surface area contributed by atoms with E-state index < -0.39 is 0 Å². The van der Waals surface area contributed by atoms with E-state index in [1.807, 2.05) is 0 Å². The van der Waals surface area contributed by atoms with Crippen LogP contribution in [0.4, 0.5) is 0 Å². The summed E-state index contributed by atoms with van der Waals surface area (Å²) in [6.45, 7) is 7.58. The lowest BCUT2D eigenvalue weighted by Crippen LogP contribution is -2.34. The molecule has 1 unspecified atom stereocenters. The molecule has 3 nitrogen and oxygen atoms in total. The van der Waals surface area contributed by atoms with Crippen molar-refractivity contribution in [1.29, 1.82) is 0 Å². The molecule has 0 aromatic heterocycles. The third kappa shape index (κ3) is 3.61. The molecule has 0 aromatic carbocycles. The quantitative estimate of drug-likeness (QED) is 0.558. The second kappa shape index (κ2) is 3.93. The summed E-state index contributed by atoms with van der Waals surface area (Å²) in [4.78, 5) is 4.71. The summed E-state index contributed by atoms with van der Waals surface area (Å²) in [5.41, 5.74) is 0.0595. The van der Waals surface area contributed by atoms with Crippen molar-refractivity contribution in [3.63, 3.8) is 0 Å². The van der Waals surface area contributed by atoms with Crippen LogP contribution in [0.1, 0.15) is 27.2 Å². The molecule has 0 saturated carbocycles. The first-order chi connectivity index (χ1) is 5.88. The summed E-state index contributed by atoms with van der Waals surface area (Å²) in [5, 5.41) is 0. The second-order valence-corrected chi connectivity index (χ2v) is 6.16. The van der Waals surface area contributed by atoms with E-state index in [1.165, 1.54) is 5.84 Å². The van der Waals surface area contributed by atoms with Gasteiger partial charge in [-0.3, -0.25) is 9.66 Å². The van der Waals surface area contributed by atoms with Gasteiger partial charge in [0.25, 0.3) is 0 Å². The van der Waals surface area contributed by atoms with Gasteiger partial charge in [0.05, 0.1) is 14.4 Å². The Bertz CT molecular complexity index is 207. The van der Waals surface area contributed by atoms with E-state index in [9.17, 15) is 0 Å². The predicted octanol–water partition coefficient (Wildman–Crippen LogP) is 1.96. The second-order valence-electron chi connectivity index (χ2n) is 4.53. The van der Waals surface area contributed by atoms with E-state index in [0.29, 0.717) is 0 Å². The number of nitrogens with zero attached hydrogens (tertiary/aromatic N) is 3. The Labute approximate surface area is 83.1 Å². The molecule has 76 valence electrons. The van der Waals surface area contributed by atoms with Crippen LogP contribution in [0.2, 0.25) is 0 Å². The molecule has 1 heterocycles. The fraction of sp³-hybridized carbons (Fsp3) is 0.889. The molecule has 1 atom stereocenters. The molecule has 0 amide bonds. The van der Waals surface area contributed by atoms with Crippen LogP contribution in [0, 0.1) is 0 Å². The van der Waals surface area contributed by atoms with Gasteiger partial charge in [0, 0.05) is 20.0 Å². The molecule has 1 rings (SSSR count). The van der Waals surface area contributed by atoms with E-state index in [4.69, 9.17) is 4.99 Å². The number of rotatable bonds is 0. The van der Waals surface area contributed by atoms with Crippen molar-refractivity contribution in [3.8, 4) is 0 Å². The smallest absolute Gasteiger partial charge is 0.105 e. The summed E-state index contributed by atoms with van der Waals surface area (Å²) in [6.07, 6.45) is 1.08. The minimum atomic E-state index is 0.0595. The highest BCUT2D eigenvalue weighted by Crippen LogP contribution is 2.27. The maximum absolute atomic E-state index is 4.71. The van der Waals surface area contributed by atoms with Gasteiger partial charge in [0.2, 0.25) is 0 Å². The molecule has 0 bridgehead atoms. The number of aliphatic imine (C=N–C) groups is 1. The van der Waals surface area contributed by atoms with Crippen molar-refractivity contribution in [2.75, 3.05) is 20.6 Å². The molecule has 1 saturated heterocycles. The highest BCUT2D eigenvalue weighted by atomic mass is 31.1. The molecule has 1 aliphatic heterocycles. The van der Waals surface area contributed by atoms with Crippen LogP contribution in [-0.4, -0.2) is 41.4 Å². The highest BCUT2D eigenvalue weighted by molar-refractivity contribution is 7.33. The zero-order chi connectivity index (χ0) is 10.1. The van der Waals surface area contributed by atoms with Gasteiger partial charge < -0.3 is 4.67 Å². The van der Waals surface area contributed by atoms with Gasteiger partial charge in [0.1, 0.15) is 5.84 Å². The van der Waals surface area contributed by atoms with Gasteiger partial charge >= 0.3 is 0 Å². The Kier molecular flexibility index (Phi) is 3.31. The van der Waals surface area contributed by atoms with Crippen molar-refractivity contribution in [3.05, 3.63) is 0 Å². The third-order valence-corrected chi connectivity index (χ3v) is 2.97. The minimum absolute atomic E-state index is 0.0595. The Hall–Kier alpha value is -0.140. The summed E-state index contributed by atoms with van der Waals surface area (Å²) in [5.74, 6) is 1.25. The fourth-order valence-corrected chi connectivity index (χ4v) is 2.32. The summed E-state index contributed by atoms with van der Waals surface area (Å²) < 4.78 is 4.59. The standard InChI is InChI=1S/C9H20N3P/c1-9(2,3)10-8-6-7-11(4)13-12(8)5/h13H,6-7H2,1-5H3. The molecule has 1 aliphatic rings. The van der Waals surface area contributed by atoms with E-state index >= 15 is 0 Å². The normalized spacial score (nSPS) is 25.9. The zero-order valence-electron chi connectivity index (χ0n) is 9.26. The van der Waals surface area contributed by atoms with Crippen LogP contribution in [0.5, 0.6) is 0 Å². The van der Waals surface area contributed by atoms with Crippen LogP contribution < -0.4 is 0 Å². The molecular weight excluding hydrogens is 181 g/mol. The lowest BCUT2D eigenvalue weighted by molar-refractivity contribution is 0.496. The van der Waals surface area contributed by atoms with Crippen molar-refractivity contribution in [2.45, 2.75) is 32.7 Å². The van der Waals surface area contributed by atoms with Gasteiger partial charge in [-0.2, -0.15) is 0 Å². The Morgan fingerprint density at radius 3 is 2.38 bits per heavy atom. The van der Waals surface area contributed by atoms with Crippen molar-refractivity contribution < 1.29 is 0 Å². The number of amidine groups is 1. The van der Waals surface area contributed by atoms with E-state index in [0.717, 1.165) is 21.8 Å². The first-order valence-electron chi connectivity index (χ1n) is 4.68. The maximum Gasteiger partial charge on any atom is 0.105 e. The Morgan fingerprint density at radius 2 is 1.92 bits per heavy atom. The van der Waals surface area contributed by atoms with Crippen LogP contribution in [0.25, 0.3) is 0 Å². The van der Waals surface area contributed by atoms with Gasteiger partial charge in [-0.15, -0.1) is 0 Å². The molecule has 0 aromatic rings. The molecule has 1 fully saturated rings. The number of hydrogen-bond acceptors (Lipinski definition) is 2. The first-order valence-corrected chi connectivity index (χ1v) is 5.58. The summed E-state index contributed by atoms with van der Waals surface area (Å²) >= 11 is 0. The molecular formula is C9H20N3P. The van der Waals surface area contributed by atoms with Crippen molar-refractivity contribution >= 4 is 14.7 Å². The summed E-state index contributed by atoms with van der Waals surface area (Å²) in [6, 6.07) is 0. The third-order valence-electron chi connectivity index (χ3n) is 1.84. The summed E-state index contributed by atoms with van der Waals surface area (Å²) in [7, 11) is 5.03. The van der Waals surface area contributed by atoms with Crippen LogP contribution in [-0.2, 0) is 0 Å². The molecule has 13 heavy (non-hydrogen) atoms. The number of hydrogen-bond donors (Lipinski definition) is 0. The van der Waals surface area contributed by atoms with Gasteiger partial charge in [0.15, 0.2) is 0 Å². The largest absolute Gasteiger partial charge is 0.332 e. The van der Waals surface area contributed by atoms with E-state index in [-0.39, 0.29) is 5.54 Å². The van der Waals surface area contributed by atoms with Crippen LogP contribution in [0.3, 0.4) is 0 Å². The minimum Gasteiger partial charge on any atom is -0.332 e. The molecule has 0 aliphatic carbocycles. The monoisotopic (exact) mass is 201 g/mol. The fourth-order valence-electron chi connectivity index (χ4n) is 1.32. The topological polar surface area (TPSA) is 18.8 Å². The first kappa shape index (κ1) is 10.9.